The highest BCUT2D eigenvalue weighted by atomic mass is 32.1. The Bertz CT molecular complexity index is 278. The van der Waals surface area contributed by atoms with Crippen molar-refractivity contribution in [3.05, 3.63) is 35.4 Å². The molecule has 66 valence electrons. The molecule has 1 nitrogen and oxygen atoms in total. The molecule has 0 heterocycles. The van der Waals surface area contributed by atoms with Crippen LogP contribution in [0.1, 0.15) is 10.8 Å². The highest BCUT2D eigenvalue weighted by Gasteiger charge is 2.10. The Kier molecular flexibility index (Phi) is 3.05. The lowest BCUT2D eigenvalue weighted by Gasteiger charge is -2.08. The third kappa shape index (κ3) is 1.95. The quantitative estimate of drug-likeness (QED) is 0.683. The topological polar surface area (TPSA) is 26.0 Å². The fraction of sp³-hybridized carbons (Fsp3) is 0.250. The van der Waals surface area contributed by atoms with Gasteiger partial charge < -0.3 is 5.73 Å². The molecular weight excluding hydrogens is 180 g/mol. The van der Waals surface area contributed by atoms with E-state index >= 15 is 0 Å². The van der Waals surface area contributed by atoms with Crippen molar-refractivity contribution in [1.29, 1.82) is 0 Å². The van der Waals surface area contributed by atoms with Gasteiger partial charge in [0, 0.05) is 17.4 Å². The Balaban J connectivity index is 3.04. The van der Waals surface area contributed by atoms with Crippen LogP contribution in [0.5, 0.6) is 0 Å². The van der Waals surface area contributed by atoms with Crippen molar-refractivity contribution in [2.75, 3.05) is 6.54 Å². The van der Waals surface area contributed by atoms with Crippen LogP contribution in [0.15, 0.2) is 18.2 Å². The minimum absolute atomic E-state index is 0.184. The largest absolute Gasteiger partial charge is 0.329 e. The lowest BCUT2D eigenvalue weighted by Crippen LogP contribution is -2.08. The minimum atomic E-state index is -0.473. The Labute approximate surface area is 75.0 Å². The van der Waals surface area contributed by atoms with Gasteiger partial charge in [-0.2, -0.15) is 12.6 Å². The van der Waals surface area contributed by atoms with Gasteiger partial charge in [0.05, 0.1) is 0 Å². The van der Waals surface area contributed by atoms with Crippen LogP contribution in [-0.4, -0.2) is 6.54 Å². The molecule has 0 aliphatic rings. The second-order valence-electron chi connectivity index (χ2n) is 2.42. The molecule has 0 aromatic heterocycles. The fourth-order valence-electron chi connectivity index (χ4n) is 0.897. The number of hydrogen-bond acceptors (Lipinski definition) is 2. The summed E-state index contributed by atoms with van der Waals surface area (Å²) in [5.74, 6) is -0.944. The summed E-state index contributed by atoms with van der Waals surface area (Å²) in [4.78, 5) is 0. The molecule has 0 saturated carbocycles. The molecule has 0 bridgehead atoms. The van der Waals surface area contributed by atoms with E-state index in [4.69, 9.17) is 5.73 Å². The maximum atomic E-state index is 12.9. The zero-order chi connectivity index (χ0) is 9.14. The molecule has 0 aliphatic carbocycles. The summed E-state index contributed by atoms with van der Waals surface area (Å²) in [6, 6.07) is 3.25. The van der Waals surface area contributed by atoms with Gasteiger partial charge in [0.1, 0.15) is 11.6 Å². The van der Waals surface area contributed by atoms with Crippen molar-refractivity contribution in [3.63, 3.8) is 0 Å². The van der Waals surface area contributed by atoms with E-state index in [9.17, 15) is 8.78 Å². The maximum absolute atomic E-state index is 12.9. The number of nitrogens with two attached hydrogens (primary N) is 1. The number of rotatable bonds is 2. The Morgan fingerprint density at radius 2 is 2.08 bits per heavy atom. The van der Waals surface area contributed by atoms with Gasteiger partial charge in [-0.1, -0.05) is 0 Å². The van der Waals surface area contributed by atoms with E-state index in [0.29, 0.717) is 0 Å². The number of halogens is 2. The molecule has 1 rings (SSSR count). The smallest absolute Gasteiger partial charge is 0.127 e. The summed E-state index contributed by atoms with van der Waals surface area (Å²) in [7, 11) is 0. The first kappa shape index (κ1) is 9.48. The van der Waals surface area contributed by atoms with E-state index in [1.807, 2.05) is 0 Å². The molecule has 0 radical (unpaired) electrons. The maximum Gasteiger partial charge on any atom is 0.127 e. The molecule has 2 N–H and O–H groups in total. The van der Waals surface area contributed by atoms with E-state index in [2.05, 4.69) is 12.6 Å². The number of hydrogen-bond donors (Lipinski definition) is 2. The van der Waals surface area contributed by atoms with Crippen LogP contribution in [0.3, 0.4) is 0 Å². The summed E-state index contributed by atoms with van der Waals surface area (Å²) in [5.41, 5.74) is 5.47. The highest BCUT2D eigenvalue weighted by molar-refractivity contribution is 7.80. The van der Waals surface area contributed by atoms with E-state index in [1.54, 1.807) is 0 Å². The molecule has 0 amide bonds. The standard InChI is InChI=1S/C8H9F2NS/c9-5-1-2-7(10)6(3-5)8(12)4-11/h1-3,8,12H,4,11H2. The van der Waals surface area contributed by atoms with Crippen molar-refractivity contribution >= 4 is 12.6 Å². The third-order valence-electron chi connectivity index (χ3n) is 1.54. The second-order valence-corrected chi connectivity index (χ2v) is 3.04. The molecule has 1 atom stereocenters. The molecule has 0 fully saturated rings. The third-order valence-corrected chi connectivity index (χ3v) is 2.03. The predicted octanol–water partition coefficient (Wildman–Crippen LogP) is 1.89. The average molecular weight is 189 g/mol. The SMILES string of the molecule is NCC(S)c1cc(F)ccc1F. The molecule has 0 spiro atoms. The van der Waals surface area contributed by atoms with Gasteiger partial charge in [0.25, 0.3) is 0 Å². The second kappa shape index (κ2) is 3.87. The summed E-state index contributed by atoms with van der Waals surface area (Å²) >= 11 is 4.00. The van der Waals surface area contributed by atoms with Crippen molar-refractivity contribution in [1.82, 2.24) is 0 Å². The van der Waals surface area contributed by atoms with Crippen molar-refractivity contribution in [3.8, 4) is 0 Å². The molecule has 1 aromatic rings. The summed E-state index contributed by atoms with van der Waals surface area (Å²) in [6.45, 7) is 0.184. The molecule has 4 heteroatoms. The van der Waals surface area contributed by atoms with Crippen LogP contribution in [0.25, 0.3) is 0 Å². The summed E-state index contributed by atoms with van der Waals surface area (Å²) < 4.78 is 25.5. The predicted molar refractivity (Wildman–Crippen MR) is 47.1 cm³/mol. The van der Waals surface area contributed by atoms with Gasteiger partial charge in [-0.3, -0.25) is 0 Å². The average Bonchev–Trinajstić information content (AvgIpc) is 2.08. The van der Waals surface area contributed by atoms with Crippen LogP contribution >= 0.6 is 12.6 Å². The molecule has 1 unspecified atom stereocenters. The monoisotopic (exact) mass is 189 g/mol. The lowest BCUT2D eigenvalue weighted by molar-refractivity contribution is 0.584. The van der Waals surface area contributed by atoms with Gasteiger partial charge >= 0.3 is 0 Å². The van der Waals surface area contributed by atoms with E-state index in [0.717, 1.165) is 18.2 Å². The van der Waals surface area contributed by atoms with Crippen LogP contribution in [0.4, 0.5) is 8.78 Å². The lowest BCUT2D eigenvalue weighted by atomic mass is 10.1. The Morgan fingerprint density at radius 1 is 1.42 bits per heavy atom. The van der Waals surface area contributed by atoms with Gasteiger partial charge in [0.15, 0.2) is 0 Å². The van der Waals surface area contributed by atoms with Crippen LogP contribution < -0.4 is 5.73 Å². The van der Waals surface area contributed by atoms with E-state index in [1.165, 1.54) is 0 Å². The van der Waals surface area contributed by atoms with Crippen LogP contribution in [0.2, 0.25) is 0 Å². The minimum Gasteiger partial charge on any atom is -0.329 e. The first-order chi connectivity index (χ1) is 5.65. The van der Waals surface area contributed by atoms with Crippen molar-refractivity contribution in [2.24, 2.45) is 5.73 Å². The molecular formula is C8H9F2NS. The summed E-state index contributed by atoms with van der Waals surface area (Å²) in [5, 5.41) is -0.444. The molecule has 0 saturated heterocycles. The van der Waals surface area contributed by atoms with Gasteiger partial charge in [-0.05, 0) is 18.2 Å². The normalized spacial score (nSPS) is 13.0. The van der Waals surface area contributed by atoms with Crippen molar-refractivity contribution in [2.45, 2.75) is 5.25 Å². The van der Waals surface area contributed by atoms with Crippen LogP contribution in [-0.2, 0) is 0 Å². The van der Waals surface area contributed by atoms with Gasteiger partial charge in [0.2, 0.25) is 0 Å². The fourth-order valence-corrected chi connectivity index (χ4v) is 1.09. The molecule has 0 aliphatic heterocycles. The zero-order valence-corrected chi connectivity index (χ0v) is 7.19. The Morgan fingerprint density at radius 3 is 2.67 bits per heavy atom. The van der Waals surface area contributed by atoms with Crippen LogP contribution in [0, 0.1) is 11.6 Å². The van der Waals surface area contributed by atoms with E-state index in [-0.39, 0.29) is 12.1 Å². The molecule has 1 aromatic carbocycles. The number of thiol groups is 1. The summed E-state index contributed by atoms with van der Waals surface area (Å²) in [6.07, 6.45) is 0. The molecule has 12 heavy (non-hydrogen) atoms. The van der Waals surface area contributed by atoms with E-state index < -0.39 is 16.9 Å². The Hall–Kier alpha value is -0.610. The first-order valence-corrected chi connectivity index (χ1v) is 4.00. The highest BCUT2D eigenvalue weighted by Crippen LogP contribution is 2.22. The van der Waals surface area contributed by atoms with Crippen molar-refractivity contribution < 1.29 is 8.78 Å². The zero-order valence-electron chi connectivity index (χ0n) is 6.30. The van der Waals surface area contributed by atoms with Gasteiger partial charge in [-0.15, -0.1) is 0 Å². The van der Waals surface area contributed by atoms with Gasteiger partial charge in [-0.25, -0.2) is 8.78 Å². The first-order valence-electron chi connectivity index (χ1n) is 3.48. The number of benzene rings is 1.